The molecule has 0 saturated carbocycles. The number of rotatable bonds is 8. The molecule has 96 valence electrons. The van der Waals surface area contributed by atoms with Gasteiger partial charge in [0.1, 0.15) is 11.6 Å². The van der Waals surface area contributed by atoms with Crippen molar-refractivity contribution < 1.29 is 8.78 Å². The molecule has 2 nitrogen and oxygen atoms in total. The highest BCUT2D eigenvalue weighted by molar-refractivity contribution is 5.18. The van der Waals surface area contributed by atoms with E-state index in [1.807, 2.05) is 7.05 Å². The van der Waals surface area contributed by atoms with Crippen LogP contribution in [0.5, 0.6) is 0 Å². The number of hydrogen-bond acceptors (Lipinski definition) is 2. The molecule has 0 heterocycles. The van der Waals surface area contributed by atoms with Gasteiger partial charge in [-0.3, -0.25) is 0 Å². The van der Waals surface area contributed by atoms with E-state index in [-0.39, 0.29) is 11.6 Å². The Morgan fingerprint density at radius 2 is 1.82 bits per heavy atom. The largest absolute Gasteiger partial charge is 0.320 e. The molecule has 1 aromatic carbocycles. The first-order chi connectivity index (χ1) is 8.24. The minimum Gasteiger partial charge on any atom is -0.320 e. The van der Waals surface area contributed by atoms with Crippen LogP contribution < -0.4 is 10.6 Å². The van der Waals surface area contributed by atoms with Crippen molar-refractivity contribution in [3.05, 3.63) is 35.4 Å². The van der Waals surface area contributed by atoms with Gasteiger partial charge < -0.3 is 10.6 Å². The summed E-state index contributed by atoms with van der Waals surface area (Å²) in [5.41, 5.74) is 0.438. The SMILES string of the molecule is CNCCCCNCCc1cc(F)ccc1F. The maximum absolute atomic E-state index is 13.2. The standard InChI is InChI=1S/C13H20F2N2/c1-16-7-2-3-8-17-9-6-11-10-12(14)4-5-13(11)15/h4-5,10,16-17H,2-3,6-9H2,1H3. The van der Waals surface area contributed by atoms with E-state index in [2.05, 4.69) is 10.6 Å². The van der Waals surface area contributed by atoms with E-state index in [0.29, 0.717) is 18.5 Å². The predicted octanol–water partition coefficient (Wildman–Crippen LogP) is 2.10. The lowest BCUT2D eigenvalue weighted by Gasteiger charge is -2.06. The van der Waals surface area contributed by atoms with Crippen molar-refractivity contribution in [3.63, 3.8) is 0 Å². The second-order valence-electron chi connectivity index (χ2n) is 4.05. The van der Waals surface area contributed by atoms with Gasteiger partial charge in [0, 0.05) is 0 Å². The molecule has 0 fully saturated rings. The van der Waals surface area contributed by atoms with Crippen LogP contribution in [-0.2, 0) is 6.42 Å². The van der Waals surface area contributed by atoms with E-state index >= 15 is 0 Å². The molecule has 0 aliphatic heterocycles. The molecular weight excluding hydrogens is 222 g/mol. The monoisotopic (exact) mass is 242 g/mol. The summed E-state index contributed by atoms with van der Waals surface area (Å²) in [4.78, 5) is 0. The predicted molar refractivity (Wildman–Crippen MR) is 66.1 cm³/mol. The summed E-state index contributed by atoms with van der Waals surface area (Å²) in [6.45, 7) is 2.61. The maximum Gasteiger partial charge on any atom is 0.126 e. The fourth-order valence-corrected chi connectivity index (χ4v) is 1.63. The molecule has 0 spiro atoms. The van der Waals surface area contributed by atoms with Gasteiger partial charge in [0.2, 0.25) is 0 Å². The molecular formula is C13H20F2N2. The van der Waals surface area contributed by atoms with Crippen LogP contribution in [-0.4, -0.2) is 26.7 Å². The van der Waals surface area contributed by atoms with Crippen molar-refractivity contribution in [2.75, 3.05) is 26.7 Å². The summed E-state index contributed by atoms with van der Waals surface area (Å²) in [6.07, 6.45) is 2.74. The molecule has 0 aliphatic rings. The first kappa shape index (κ1) is 14.1. The van der Waals surface area contributed by atoms with Crippen molar-refractivity contribution in [1.82, 2.24) is 10.6 Å². The Hall–Kier alpha value is -1.00. The highest BCUT2D eigenvalue weighted by atomic mass is 19.1. The zero-order valence-corrected chi connectivity index (χ0v) is 10.2. The third-order valence-electron chi connectivity index (χ3n) is 2.61. The molecule has 1 aromatic rings. The first-order valence-corrected chi connectivity index (χ1v) is 6.03. The molecule has 0 atom stereocenters. The Balaban J connectivity index is 2.15. The van der Waals surface area contributed by atoms with Gasteiger partial charge >= 0.3 is 0 Å². The van der Waals surface area contributed by atoms with Gasteiger partial charge in [-0.1, -0.05) is 0 Å². The van der Waals surface area contributed by atoms with Crippen LogP contribution in [0.15, 0.2) is 18.2 Å². The smallest absolute Gasteiger partial charge is 0.126 e. The highest BCUT2D eigenvalue weighted by Gasteiger charge is 2.02. The Morgan fingerprint density at radius 1 is 1.06 bits per heavy atom. The summed E-state index contributed by atoms with van der Waals surface area (Å²) in [6, 6.07) is 3.58. The van der Waals surface area contributed by atoms with Gasteiger partial charge in [0.15, 0.2) is 0 Å². The van der Waals surface area contributed by atoms with Crippen LogP contribution in [0.1, 0.15) is 18.4 Å². The molecule has 1 rings (SSSR count). The minimum absolute atomic E-state index is 0.330. The number of nitrogens with one attached hydrogen (secondary N) is 2. The summed E-state index contributed by atoms with van der Waals surface area (Å²) >= 11 is 0. The fourth-order valence-electron chi connectivity index (χ4n) is 1.63. The van der Waals surface area contributed by atoms with Gasteiger partial charge in [0.25, 0.3) is 0 Å². The lowest BCUT2D eigenvalue weighted by Crippen LogP contribution is -2.20. The van der Waals surface area contributed by atoms with Crippen molar-refractivity contribution in [2.24, 2.45) is 0 Å². The number of hydrogen-bond donors (Lipinski definition) is 2. The van der Waals surface area contributed by atoms with E-state index in [1.54, 1.807) is 0 Å². The van der Waals surface area contributed by atoms with Gasteiger partial charge in [0.05, 0.1) is 0 Å². The highest BCUT2D eigenvalue weighted by Crippen LogP contribution is 2.09. The zero-order valence-electron chi connectivity index (χ0n) is 10.2. The Bertz CT molecular complexity index is 329. The van der Waals surface area contributed by atoms with E-state index in [4.69, 9.17) is 0 Å². The lowest BCUT2D eigenvalue weighted by atomic mass is 10.1. The van der Waals surface area contributed by atoms with Crippen LogP contribution >= 0.6 is 0 Å². The molecule has 0 saturated heterocycles. The van der Waals surface area contributed by atoms with Crippen molar-refractivity contribution in [2.45, 2.75) is 19.3 Å². The molecule has 2 N–H and O–H groups in total. The molecule has 0 bridgehead atoms. The van der Waals surface area contributed by atoms with Crippen molar-refractivity contribution in [1.29, 1.82) is 0 Å². The summed E-state index contributed by atoms with van der Waals surface area (Å²) in [7, 11) is 1.93. The number of halogens is 2. The zero-order chi connectivity index (χ0) is 12.5. The molecule has 0 aromatic heterocycles. The third kappa shape index (κ3) is 5.75. The molecule has 0 amide bonds. The molecule has 4 heteroatoms. The average molecular weight is 242 g/mol. The van der Waals surface area contributed by atoms with Gasteiger partial charge in [-0.15, -0.1) is 0 Å². The molecule has 0 unspecified atom stereocenters. The minimum atomic E-state index is -0.379. The Labute approximate surface area is 101 Å². The van der Waals surface area contributed by atoms with Gasteiger partial charge in [-0.25, -0.2) is 8.78 Å². The molecule has 17 heavy (non-hydrogen) atoms. The van der Waals surface area contributed by atoms with E-state index in [0.717, 1.165) is 32.0 Å². The van der Waals surface area contributed by atoms with Gasteiger partial charge in [-0.05, 0) is 69.7 Å². The second-order valence-corrected chi connectivity index (χ2v) is 4.05. The Morgan fingerprint density at radius 3 is 2.59 bits per heavy atom. The van der Waals surface area contributed by atoms with Gasteiger partial charge in [-0.2, -0.15) is 0 Å². The first-order valence-electron chi connectivity index (χ1n) is 6.03. The number of unbranched alkanes of at least 4 members (excludes halogenated alkanes) is 1. The summed E-state index contributed by atoms with van der Waals surface area (Å²) in [5, 5.41) is 6.30. The molecule has 0 radical (unpaired) electrons. The third-order valence-corrected chi connectivity index (χ3v) is 2.61. The van der Waals surface area contributed by atoms with E-state index in [1.165, 1.54) is 12.1 Å². The van der Waals surface area contributed by atoms with E-state index < -0.39 is 0 Å². The fraction of sp³-hybridized carbons (Fsp3) is 0.538. The van der Waals surface area contributed by atoms with Crippen LogP contribution in [0, 0.1) is 11.6 Å². The molecule has 0 aliphatic carbocycles. The average Bonchev–Trinajstić information content (AvgIpc) is 2.32. The topological polar surface area (TPSA) is 24.1 Å². The van der Waals surface area contributed by atoms with Crippen LogP contribution in [0.3, 0.4) is 0 Å². The van der Waals surface area contributed by atoms with Crippen molar-refractivity contribution >= 4 is 0 Å². The van der Waals surface area contributed by atoms with E-state index in [9.17, 15) is 8.78 Å². The number of benzene rings is 1. The normalized spacial score (nSPS) is 10.8. The summed E-state index contributed by atoms with van der Waals surface area (Å²) in [5.74, 6) is -0.709. The summed E-state index contributed by atoms with van der Waals surface area (Å²) < 4.78 is 26.1. The maximum atomic E-state index is 13.2. The van der Waals surface area contributed by atoms with Crippen LogP contribution in [0.2, 0.25) is 0 Å². The van der Waals surface area contributed by atoms with Crippen molar-refractivity contribution in [3.8, 4) is 0 Å². The van der Waals surface area contributed by atoms with Crippen LogP contribution in [0.4, 0.5) is 8.78 Å². The lowest BCUT2D eigenvalue weighted by molar-refractivity contribution is 0.569. The second kappa shape index (κ2) is 8.14. The quantitative estimate of drug-likeness (QED) is 0.682. The van der Waals surface area contributed by atoms with Crippen LogP contribution in [0.25, 0.3) is 0 Å². The Kier molecular flexibility index (Phi) is 6.74.